The van der Waals surface area contributed by atoms with Crippen molar-refractivity contribution in [2.24, 2.45) is 16.7 Å². The minimum atomic E-state index is 0.195. The zero-order valence-corrected chi connectivity index (χ0v) is 11.0. The zero-order valence-electron chi connectivity index (χ0n) is 11.0. The number of Topliss-reactive ketones (excluding diaryl/α,β-unsaturated/α-hetero) is 1. The van der Waals surface area contributed by atoms with E-state index in [4.69, 9.17) is 4.74 Å². The summed E-state index contributed by atoms with van der Waals surface area (Å²) >= 11 is 0. The van der Waals surface area contributed by atoms with Gasteiger partial charge in [-0.3, -0.25) is 4.79 Å². The Labute approximate surface area is 98.7 Å². The molecule has 1 aliphatic carbocycles. The van der Waals surface area contributed by atoms with Crippen LogP contribution in [0.3, 0.4) is 0 Å². The van der Waals surface area contributed by atoms with E-state index in [1.54, 1.807) is 0 Å². The van der Waals surface area contributed by atoms with Gasteiger partial charge in [0.15, 0.2) is 0 Å². The van der Waals surface area contributed by atoms with E-state index < -0.39 is 0 Å². The summed E-state index contributed by atoms with van der Waals surface area (Å²) in [6.45, 7) is 9.73. The van der Waals surface area contributed by atoms with E-state index >= 15 is 0 Å². The first-order valence-corrected chi connectivity index (χ1v) is 6.51. The molecule has 92 valence electrons. The smallest absolute Gasteiger partial charge is 0.137 e. The molecule has 2 rings (SSSR count). The largest absolute Gasteiger partial charge is 0.378 e. The molecular formula is C14H24O2. The van der Waals surface area contributed by atoms with E-state index in [1.807, 2.05) is 0 Å². The lowest BCUT2D eigenvalue weighted by atomic mass is 10.0. The minimum absolute atomic E-state index is 0.195. The average molecular weight is 224 g/mol. The van der Waals surface area contributed by atoms with Crippen LogP contribution in [0.5, 0.6) is 0 Å². The number of carbonyl (C=O) groups is 1. The van der Waals surface area contributed by atoms with E-state index in [9.17, 15) is 4.79 Å². The number of rotatable bonds is 4. The van der Waals surface area contributed by atoms with Gasteiger partial charge in [0.1, 0.15) is 5.78 Å². The quantitative estimate of drug-likeness (QED) is 0.733. The molecule has 1 aliphatic heterocycles. The number of ether oxygens (including phenoxy) is 1. The first kappa shape index (κ1) is 12.1. The lowest BCUT2D eigenvalue weighted by Gasteiger charge is -2.08. The normalized spacial score (nSPS) is 31.6. The fourth-order valence-electron chi connectivity index (χ4n) is 3.32. The SMILES string of the molecule is CC1(C)C(C(=O)CCC2CCCO2)C1(C)C. The highest BCUT2D eigenvalue weighted by atomic mass is 16.5. The van der Waals surface area contributed by atoms with Crippen LogP contribution in [0.25, 0.3) is 0 Å². The van der Waals surface area contributed by atoms with E-state index in [1.165, 1.54) is 6.42 Å². The minimum Gasteiger partial charge on any atom is -0.378 e. The zero-order chi connectivity index (χ0) is 12.0. The Bertz CT molecular complexity index is 271. The van der Waals surface area contributed by atoms with E-state index in [0.29, 0.717) is 18.3 Å². The summed E-state index contributed by atoms with van der Waals surface area (Å²) in [4.78, 5) is 12.1. The van der Waals surface area contributed by atoms with Crippen LogP contribution in [0.1, 0.15) is 53.4 Å². The molecule has 1 saturated heterocycles. The third kappa shape index (κ3) is 1.81. The Morgan fingerprint density at radius 1 is 1.25 bits per heavy atom. The predicted octanol–water partition coefficient (Wildman–Crippen LogP) is 3.20. The second kappa shape index (κ2) is 3.83. The fraction of sp³-hybridized carbons (Fsp3) is 0.929. The maximum Gasteiger partial charge on any atom is 0.137 e. The molecule has 1 atom stereocenters. The van der Waals surface area contributed by atoms with E-state index in [2.05, 4.69) is 27.7 Å². The third-order valence-electron chi connectivity index (χ3n) is 5.08. The van der Waals surface area contributed by atoms with Gasteiger partial charge >= 0.3 is 0 Å². The number of hydrogen-bond donors (Lipinski definition) is 0. The van der Waals surface area contributed by atoms with Gasteiger partial charge in [0.25, 0.3) is 0 Å². The Hall–Kier alpha value is -0.370. The van der Waals surface area contributed by atoms with Gasteiger partial charge < -0.3 is 4.74 Å². The maximum atomic E-state index is 12.1. The molecule has 1 saturated carbocycles. The van der Waals surface area contributed by atoms with Gasteiger partial charge in [-0.1, -0.05) is 27.7 Å². The molecule has 1 heterocycles. The molecule has 0 aromatic carbocycles. The van der Waals surface area contributed by atoms with Crippen molar-refractivity contribution in [3.8, 4) is 0 Å². The molecule has 2 nitrogen and oxygen atoms in total. The van der Waals surface area contributed by atoms with Crippen molar-refractivity contribution in [2.45, 2.75) is 59.5 Å². The first-order chi connectivity index (χ1) is 7.37. The van der Waals surface area contributed by atoms with Crippen molar-refractivity contribution in [3.05, 3.63) is 0 Å². The number of hydrogen-bond acceptors (Lipinski definition) is 2. The summed E-state index contributed by atoms with van der Waals surface area (Å²) in [6, 6.07) is 0. The van der Waals surface area contributed by atoms with Crippen molar-refractivity contribution in [2.75, 3.05) is 6.61 Å². The standard InChI is InChI=1S/C14H24O2/c1-13(2)12(14(13,3)4)11(15)8-7-10-6-5-9-16-10/h10,12H,5-9H2,1-4H3. The molecule has 0 aromatic heterocycles. The first-order valence-electron chi connectivity index (χ1n) is 6.51. The highest BCUT2D eigenvalue weighted by Gasteiger charge is 2.67. The summed E-state index contributed by atoms with van der Waals surface area (Å²) in [7, 11) is 0. The Morgan fingerprint density at radius 2 is 1.88 bits per heavy atom. The molecule has 0 bridgehead atoms. The summed E-state index contributed by atoms with van der Waals surface area (Å²) in [5.74, 6) is 0.715. The van der Waals surface area contributed by atoms with Crippen LogP contribution in [0, 0.1) is 16.7 Å². The molecule has 16 heavy (non-hydrogen) atoms. The highest BCUT2D eigenvalue weighted by molar-refractivity contribution is 5.86. The molecule has 0 radical (unpaired) electrons. The lowest BCUT2D eigenvalue weighted by Crippen LogP contribution is -2.12. The second-order valence-electron chi connectivity index (χ2n) is 6.52. The van der Waals surface area contributed by atoms with Gasteiger partial charge in [-0.15, -0.1) is 0 Å². The molecule has 1 unspecified atom stereocenters. The lowest BCUT2D eigenvalue weighted by molar-refractivity contribution is -0.122. The van der Waals surface area contributed by atoms with Gasteiger partial charge in [-0.2, -0.15) is 0 Å². The monoisotopic (exact) mass is 224 g/mol. The summed E-state index contributed by atoms with van der Waals surface area (Å²) in [6.07, 6.45) is 4.31. The van der Waals surface area contributed by atoms with Crippen molar-refractivity contribution in [3.63, 3.8) is 0 Å². The molecule has 0 N–H and O–H groups in total. The van der Waals surface area contributed by atoms with Crippen LogP contribution in [0.15, 0.2) is 0 Å². The van der Waals surface area contributed by atoms with Crippen LogP contribution in [-0.2, 0) is 9.53 Å². The van der Waals surface area contributed by atoms with Crippen molar-refractivity contribution in [1.29, 1.82) is 0 Å². The van der Waals surface area contributed by atoms with Crippen molar-refractivity contribution in [1.82, 2.24) is 0 Å². The van der Waals surface area contributed by atoms with Crippen LogP contribution in [0.4, 0.5) is 0 Å². The van der Waals surface area contributed by atoms with E-state index in [-0.39, 0.29) is 16.7 Å². The van der Waals surface area contributed by atoms with Crippen molar-refractivity contribution >= 4 is 5.78 Å². The summed E-state index contributed by atoms with van der Waals surface area (Å²) in [5.41, 5.74) is 0.390. The highest BCUT2D eigenvalue weighted by Crippen LogP contribution is 2.68. The predicted molar refractivity (Wildman–Crippen MR) is 64.3 cm³/mol. The molecular weight excluding hydrogens is 200 g/mol. The molecule has 0 aromatic rings. The Morgan fingerprint density at radius 3 is 2.31 bits per heavy atom. The van der Waals surface area contributed by atoms with Gasteiger partial charge in [-0.05, 0) is 30.1 Å². The number of ketones is 1. The second-order valence-corrected chi connectivity index (χ2v) is 6.52. The van der Waals surface area contributed by atoms with E-state index in [0.717, 1.165) is 19.4 Å². The molecule has 0 spiro atoms. The molecule has 2 aliphatic rings. The summed E-state index contributed by atoms with van der Waals surface area (Å²) in [5, 5.41) is 0. The van der Waals surface area contributed by atoms with Crippen LogP contribution in [-0.4, -0.2) is 18.5 Å². The number of carbonyl (C=O) groups excluding carboxylic acids is 1. The molecule has 2 heteroatoms. The van der Waals surface area contributed by atoms with Crippen molar-refractivity contribution < 1.29 is 9.53 Å². The molecule has 0 amide bonds. The van der Waals surface area contributed by atoms with Gasteiger partial charge in [-0.25, -0.2) is 0 Å². The Balaban J connectivity index is 1.81. The van der Waals surface area contributed by atoms with Crippen LogP contribution in [0.2, 0.25) is 0 Å². The fourth-order valence-corrected chi connectivity index (χ4v) is 3.32. The van der Waals surface area contributed by atoms with Gasteiger partial charge in [0.2, 0.25) is 0 Å². The molecule has 2 fully saturated rings. The average Bonchev–Trinajstić information content (AvgIpc) is 2.61. The Kier molecular flexibility index (Phi) is 2.90. The van der Waals surface area contributed by atoms with Gasteiger partial charge in [0.05, 0.1) is 6.10 Å². The topological polar surface area (TPSA) is 26.3 Å². The van der Waals surface area contributed by atoms with Crippen LogP contribution >= 0.6 is 0 Å². The summed E-state index contributed by atoms with van der Waals surface area (Å²) < 4.78 is 5.56. The van der Waals surface area contributed by atoms with Gasteiger partial charge in [0, 0.05) is 18.9 Å². The maximum absolute atomic E-state index is 12.1. The third-order valence-corrected chi connectivity index (χ3v) is 5.08. The van der Waals surface area contributed by atoms with Crippen LogP contribution < -0.4 is 0 Å².